The summed E-state index contributed by atoms with van der Waals surface area (Å²) in [5.41, 5.74) is 6.38. The summed E-state index contributed by atoms with van der Waals surface area (Å²) in [5.74, 6) is 0.817. The third-order valence-corrected chi connectivity index (χ3v) is 3.32. The summed E-state index contributed by atoms with van der Waals surface area (Å²) in [4.78, 5) is 11.9. The van der Waals surface area contributed by atoms with Gasteiger partial charge in [0.2, 0.25) is 0 Å². The number of nitrogens with one attached hydrogen (secondary N) is 2. The molecule has 2 rings (SSSR count). The predicted molar refractivity (Wildman–Crippen MR) is 77.7 cm³/mol. The van der Waals surface area contributed by atoms with Crippen LogP contribution in [0.2, 0.25) is 0 Å². The summed E-state index contributed by atoms with van der Waals surface area (Å²) < 4.78 is 6.48. The molecule has 1 fully saturated rings. The van der Waals surface area contributed by atoms with Crippen molar-refractivity contribution in [1.82, 2.24) is 15.1 Å². The summed E-state index contributed by atoms with van der Waals surface area (Å²) in [6.07, 6.45) is 0.998. The molecule has 0 saturated carbocycles. The number of rotatable bonds is 5. The zero-order valence-electron chi connectivity index (χ0n) is 12.3. The monoisotopic (exact) mass is 281 g/mol. The Morgan fingerprint density at radius 2 is 2.40 bits per heavy atom. The highest BCUT2D eigenvalue weighted by Crippen LogP contribution is 2.25. The normalized spacial score (nSPS) is 18.5. The molecule has 0 spiro atoms. The first-order valence-corrected chi connectivity index (χ1v) is 6.94. The molecule has 1 aromatic rings. The number of hydrogen-bond acceptors (Lipinski definition) is 6. The highest BCUT2D eigenvalue weighted by atomic mass is 16.5. The van der Waals surface area contributed by atoms with Crippen LogP contribution in [0.15, 0.2) is 0 Å². The van der Waals surface area contributed by atoms with E-state index in [1.165, 1.54) is 7.11 Å². The van der Waals surface area contributed by atoms with Crippen LogP contribution in [0.4, 0.5) is 11.6 Å². The van der Waals surface area contributed by atoms with E-state index in [1.807, 2.05) is 0 Å². The number of ether oxygens (including phenoxy) is 1. The van der Waals surface area contributed by atoms with Crippen molar-refractivity contribution in [1.29, 1.82) is 0 Å². The predicted octanol–water partition coefficient (Wildman–Crippen LogP) is 0.682. The molecule has 1 atom stereocenters. The van der Waals surface area contributed by atoms with Gasteiger partial charge in [-0.1, -0.05) is 13.8 Å². The minimum absolute atomic E-state index is 0.264. The second-order valence-corrected chi connectivity index (χ2v) is 5.51. The number of esters is 1. The maximum atomic E-state index is 11.9. The molecule has 7 heteroatoms. The number of nitrogen functional groups attached to an aromatic ring is 1. The lowest BCUT2D eigenvalue weighted by Crippen LogP contribution is -2.23. The summed E-state index contributed by atoms with van der Waals surface area (Å²) in [6.45, 7) is 6.64. The van der Waals surface area contributed by atoms with Gasteiger partial charge in [-0.05, 0) is 18.9 Å². The molecule has 0 aliphatic carbocycles. The third-order valence-electron chi connectivity index (χ3n) is 3.32. The Labute approximate surface area is 118 Å². The summed E-state index contributed by atoms with van der Waals surface area (Å²) >= 11 is 0. The molecular formula is C13H23N5O2. The van der Waals surface area contributed by atoms with Crippen molar-refractivity contribution in [3.8, 4) is 0 Å². The molecule has 0 radical (unpaired) electrons. The lowest BCUT2D eigenvalue weighted by atomic mass is 10.2. The van der Waals surface area contributed by atoms with Crippen LogP contribution in [0.5, 0.6) is 0 Å². The average Bonchev–Trinajstić information content (AvgIpc) is 2.98. The van der Waals surface area contributed by atoms with Gasteiger partial charge in [-0.3, -0.25) is 0 Å². The van der Waals surface area contributed by atoms with Gasteiger partial charge in [-0.15, -0.1) is 0 Å². The molecule has 0 amide bonds. The van der Waals surface area contributed by atoms with Gasteiger partial charge in [0.25, 0.3) is 0 Å². The highest BCUT2D eigenvalue weighted by molar-refractivity contribution is 5.99. The van der Waals surface area contributed by atoms with E-state index in [2.05, 4.69) is 29.6 Å². The molecule has 2 heterocycles. The fraction of sp³-hybridized carbons (Fsp3) is 0.692. The molecular weight excluding hydrogens is 258 g/mol. The molecule has 20 heavy (non-hydrogen) atoms. The number of nitrogens with zero attached hydrogens (tertiary/aromatic N) is 2. The van der Waals surface area contributed by atoms with Crippen LogP contribution in [0.3, 0.4) is 0 Å². The molecule has 0 aromatic carbocycles. The summed E-state index contributed by atoms with van der Waals surface area (Å²) in [6, 6.07) is 0.264. The van der Waals surface area contributed by atoms with Gasteiger partial charge in [0.15, 0.2) is 5.82 Å². The smallest absolute Gasteiger partial charge is 0.345 e. The first-order valence-electron chi connectivity index (χ1n) is 6.94. The van der Waals surface area contributed by atoms with E-state index in [0.717, 1.165) is 19.5 Å². The Hall–Kier alpha value is -1.76. The Morgan fingerprint density at radius 1 is 1.65 bits per heavy atom. The fourth-order valence-electron chi connectivity index (χ4n) is 2.34. The molecule has 1 aliphatic heterocycles. The van der Waals surface area contributed by atoms with Crippen LogP contribution >= 0.6 is 0 Å². The first-order chi connectivity index (χ1) is 9.52. The Balaban J connectivity index is 2.29. The zero-order valence-corrected chi connectivity index (χ0v) is 12.3. The first kappa shape index (κ1) is 14.6. The van der Waals surface area contributed by atoms with Gasteiger partial charge < -0.3 is 21.1 Å². The molecule has 0 bridgehead atoms. The van der Waals surface area contributed by atoms with Crippen molar-refractivity contribution in [2.75, 3.05) is 31.2 Å². The second-order valence-electron chi connectivity index (χ2n) is 5.51. The van der Waals surface area contributed by atoms with Crippen LogP contribution in [0.25, 0.3) is 0 Å². The van der Waals surface area contributed by atoms with Crippen molar-refractivity contribution < 1.29 is 9.53 Å². The average molecular weight is 281 g/mol. The Kier molecular flexibility index (Phi) is 4.49. The van der Waals surface area contributed by atoms with Crippen LogP contribution in [-0.4, -0.2) is 42.0 Å². The molecule has 7 nitrogen and oxygen atoms in total. The van der Waals surface area contributed by atoms with Crippen LogP contribution in [0.1, 0.15) is 30.6 Å². The van der Waals surface area contributed by atoms with Crippen molar-refractivity contribution in [2.45, 2.75) is 32.9 Å². The van der Waals surface area contributed by atoms with Gasteiger partial charge in [0.05, 0.1) is 7.11 Å². The van der Waals surface area contributed by atoms with Gasteiger partial charge in [0, 0.05) is 19.1 Å². The van der Waals surface area contributed by atoms with Crippen LogP contribution in [-0.2, 0) is 11.3 Å². The lowest BCUT2D eigenvalue weighted by molar-refractivity contribution is 0.0603. The molecule has 112 valence electrons. The number of hydrogen-bond donors (Lipinski definition) is 3. The van der Waals surface area contributed by atoms with Gasteiger partial charge in [-0.2, -0.15) is 5.10 Å². The number of aromatic nitrogens is 2. The number of carbonyl (C=O) groups is 1. The maximum Gasteiger partial charge on any atom is 0.345 e. The van der Waals surface area contributed by atoms with Gasteiger partial charge >= 0.3 is 5.97 Å². The second kappa shape index (κ2) is 6.13. The summed E-state index contributed by atoms with van der Waals surface area (Å²) in [7, 11) is 1.35. The fourth-order valence-corrected chi connectivity index (χ4v) is 2.34. The topological polar surface area (TPSA) is 94.2 Å². The van der Waals surface area contributed by atoms with Gasteiger partial charge in [-0.25, -0.2) is 9.48 Å². The van der Waals surface area contributed by atoms with Crippen molar-refractivity contribution >= 4 is 17.6 Å². The van der Waals surface area contributed by atoms with E-state index in [4.69, 9.17) is 10.5 Å². The van der Waals surface area contributed by atoms with E-state index < -0.39 is 5.97 Å². The number of nitrogens with two attached hydrogens (primary N) is 1. The number of carbonyl (C=O) groups excluding carboxylic acids is 1. The Morgan fingerprint density at radius 3 is 2.95 bits per heavy atom. The largest absolute Gasteiger partial charge is 0.465 e. The SMILES string of the molecule is COC(=O)c1c(NC2CCNC2)nn(CC(C)C)c1N. The highest BCUT2D eigenvalue weighted by Gasteiger charge is 2.25. The van der Waals surface area contributed by atoms with Crippen LogP contribution < -0.4 is 16.4 Å². The number of methoxy groups -OCH3 is 1. The van der Waals surface area contributed by atoms with E-state index >= 15 is 0 Å². The van der Waals surface area contributed by atoms with Gasteiger partial charge in [0.1, 0.15) is 11.4 Å². The maximum absolute atomic E-state index is 11.9. The third kappa shape index (κ3) is 3.04. The minimum atomic E-state index is -0.453. The zero-order chi connectivity index (χ0) is 14.7. The van der Waals surface area contributed by atoms with E-state index in [0.29, 0.717) is 29.7 Å². The Bertz CT molecular complexity index is 477. The minimum Gasteiger partial charge on any atom is -0.465 e. The molecule has 1 aliphatic rings. The molecule has 1 saturated heterocycles. The van der Waals surface area contributed by atoms with E-state index in [1.54, 1.807) is 4.68 Å². The van der Waals surface area contributed by atoms with Crippen molar-refractivity contribution in [3.05, 3.63) is 5.56 Å². The number of anilines is 2. The van der Waals surface area contributed by atoms with Crippen LogP contribution in [0, 0.1) is 5.92 Å². The van der Waals surface area contributed by atoms with E-state index in [9.17, 15) is 4.79 Å². The standard InChI is InChI=1S/C13H23N5O2/c1-8(2)7-18-11(14)10(13(19)20-3)12(17-18)16-9-4-5-15-6-9/h8-9,15H,4-7,14H2,1-3H3,(H,16,17). The van der Waals surface area contributed by atoms with Crippen molar-refractivity contribution in [2.24, 2.45) is 5.92 Å². The molecule has 1 aromatic heterocycles. The molecule has 4 N–H and O–H groups in total. The quantitative estimate of drug-likeness (QED) is 0.687. The summed E-state index contributed by atoms with van der Waals surface area (Å²) in [5, 5.41) is 11.0. The molecule has 1 unspecified atom stereocenters. The lowest BCUT2D eigenvalue weighted by Gasteiger charge is -2.11. The van der Waals surface area contributed by atoms with Crippen molar-refractivity contribution in [3.63, 3.8) is 0 Å². The van der Waals surface area contributed by atoms with E-state index in [-0.39, 0.29) is 6.04 Å².